The second kappa shape index (κ2) is 14.6. The highest BCUT2D eigenvalue weighted by Crippen LogP contribution is 2.65. The SMILES string of the molecule is CCCNC(=O)C(=O)C(CCC)NC(=O)[C@@H]1C2C(CN1C(=O)[C@@H](NC(=O)NC1(CS(=O)(=O)CC)CCCCC1)C(C)(C)C)C2(C)C. The predicted molar refractivity (Wildman–Crippen MR) is 176 cm³/mol. The lowest BCUT2D eigenvalue weighted by Gasteiger charge is -2.40. The molecule has 0 aromatic carbocycles. The summed E-state index contributed by atoms with van der Waals surface area (Å²) < 4.78 is 25.3. The molecule has 3 unspecified atom stereocenters. The van der Waals surface area contributed by atoms with Gasteiger partial charge in [-0.05, 0) is 48.3 Å². The van der Waals surface area contributed by atoms with Crippen LogP contribution in [0.4, 0.5) is 4.79 Å². The smallest absolute Gasteiger partial charge is 0.315 e. The van der Waals surface area contributed by atoms with E-state index in [2.05, 4.69) is 35.1 Å². The first kappa shape index (κ1) is 37.8. The maximum atomic E-state index is 14.3. The van der Waals surface area contributed by atoms with Crippen LogP contribution in [0, 0.1) is 22.7 Å². The number of carbonyl (C=O) groups is 5. The Kier molecular flexibility index (Phi) is 12.0. The molecule has 0 radical (unpaired) electrons. The molecule has 3 aliphatic rings. The van der Waals surface area contributed by atoms with Crippen molar-refractivity contribution in [2.24, 2.45) is 22.7 Å². The van der Waals surface area contributed by atoms with Gasteiger partial charge in [0.05, 0.1) is 17.3 Å². The van der Waals surface area contributed by atoms with Gasteiger partial charge in [-0.15, -0.1) is 0 Å². The zero-order valence-electron chi connectivity index (χ0n) is 29.1. The Labute approximate surface area is 275 Å². The molecule has 3 fully saturated rings. The van der Waals surface area contributed by atoms with Gasteiger partial charge in [-0.25, -0.2) is 13.2 Å². The number of amides is 5. The largest absolute Gasteiger partial charge is 0.349 e. The molecule has 46 heavy (non-hydrogen) atoms. The predicted octanol–water partition coefficient (Wildman–Crippen LogP) is 2.70. The average molecular weight is 668 g/mol. The van der Waals surface area contributed by atoms with E-state index in [1.165, 1.54) is 4.90 Å². The van der Waals surface area contributed by atoms with Gasteiger partial charge in [0.1, 0.15) is 12.1 Å². The summed E-state index contributed by atoms with van der Waals surface area (Å²) in [5, 5.41) is 11.2. The Morgan fingerprint density at radius 3 is 2.11 bits per heavy atom. The highest BCUT2D eigenvalue weighted by atomic mass is 32.2. The third-order valence-corrected chi connectivity index (χ3v) is 12.1. The molecule has 5 amide bonds. The molecular weight excluding hydrogens is 610 g/mol. The normalized spacial score (nSPS) is 24.6. The molecule has 1 saturated heterocycles. The Bertz CT molecular complexity index is 1270. The minimum absolute atomic E-state index is 0.0215. The first-order valence-electron chi connectivity index (χ1n) is 17.1. The summed E-state index contributed by atoms with van der Waals surface area (Å²) in [5.74, 6) is -2.59. The summed E-state index contributed by atoms with van der Waals surface area (Å²) in [4.78, 5) is 68.8. The zero-order chi connectivity index (χ0) is 34.7. The molecule has 0 aromatic rings. The van der Waals surface area contributed by atoms with Crippen LogP contribution in [0.2, 0.25) is 0 Å². The third-order valence-electron chi connectivity index (χ3n) is 10.2. The lowest BCUT2D eigenvalue weighted by molar-refractivity contribution is -0.145. The summed E-state index contributed by atoms with van der Waals surface area (Å²) in [6.07, 6.45) is 5.15. The van der Waals surface area contributed by atoms with Crippen LogP contribution in [0.25, 0.3) is 0 Å². The fraction of sp³-hybridized carbons (Fsp3) is 0.848. The van der Waals surface area contributed by atoms with Gasteiger partial charge >= 0.3 is 6.03 Å². The topological polar surface area (TPSA) is 171 Å². The molecule has 12 nitrogen and oxygen atoms in total. The molecule has 1 aliphatic heterocycles. The third kappa shape index (κ3) is 8.60. The molecule has 0 aromatic heterocycles. The summed E-state index contributed by atoms with van der Waals surface area (Å²) >= 11 is 0. The highest BCUT2D eigenvalue weighted by Gasteiger charge is 2.70. The molecule has 2 saturated carbocycles. The number of rotatable bonds is 14. The fourth-order valence-corrected chi connectivity index (χ4v) is 8.80. The number of nitrogens with zero attached hydrogens (tertiary/aromatic N) is 1. The van der Waals surface area contributed by atoms with Crippen molar-refractivity contribution in [3.05, 3.63) is 0 Å². The number of urea groups is 1. The van der Waals surface area contributed by atoms with Crippen molar-refractivity contribution in [2.45, 2.75) is 130 Å². The minimum atomic E-state index is -3.38. The number of likely N-dealkylation sites (tertiary alicyclic amines) is 1. The molecule has 1 heterocycles. The van der Waals surface area contributed by atoms with E-state index >= 15 is 0 Å². The molecule has 4 N–H and O–H groups in total. The van der Waals surface area contributed by atoms with Gasteiger partial charge in [0.25, 0.3) is 5.91 Å². The number of piperidine rings is 1. The first-order valence-corrected chi connectivity index (χ1v) is 18.9. The van der Waals surface area contributed by atoms with Gasteiger partial charge in [0, 0.05) is 18.8 Å². The second-order valence-corrected chi connectivity index (χ2v) is 17.6. The van der Waals surface area contributed by atoms with Crippen molar-refractivity contribution in [3.63, 3.8) is 0 Å². The van der Waals surface area contributed by atoms with Crippen LogP contribution in [-0.2, 0) is 29.0 Å². The van der Waals surface area contributed by atoms with E-state index < -0.39 is 68.5 Å². The number of carbonyl (C=O) groups excluding carboxylic acids is 5. The van der Waals surface area contributed by atoms with Gasteiger partial charge in [0.2, 0.25) is 17.6 Å². The van der Waals surface area contributed by atoms with E-state index in [-0.39, 0.29) is 35.2 Å². The lowest BCUT2D eigenvalue weighted by atomic mass is 9.83. The summed E-state index contributed by atoms with van der Waals surface area (Å²) in [6, 6.07) is -3.51. The van der Waals surface area contributed by atoms with Gasteiger partial charge in [-0.3, -0.25) is 19.2 Å². The second-order valence-electron chi connectivity index (χ2n) is 15.3. The lowest BCUT2D eigenvalue weighted by Crippen LogP contribution is -2.64. The Balaban J connectivity index is 1.83. The molecular formula is C33H57N5O7S. The van der Waals surface area contributed by atoms with Crippen molar-refractivity contribution in [1.29, 1.82) is 0 Å². The Morgan fingerprint density at radius 2 is 1.57 bits per heavy atom. The molecule has 0 bridgehead atoms. The minimum Gasteiger partial charge on any atom is -0.349 e. The van der Waals surface area contributed by atoms with Crippen LogP contribution in [0.3, 0.4) is 0 Å². The van der Waals surface area contributed by atoms with Gasteiger partial charge in [0.15, 0.2) is 9.84 Å². The van der Waals surface area contributed by atoms with Gasteiger partial charge < -0.3 is 26.2 Å². The summed E-state index contributed by atoms with van der Waals surface area (Å²) in [7, 11) is -3.38. The number of hydrogen-bond donors (Lipinski definition) is 4. The van der Waals surface area contributed by atoms with Crippen LogP contribution in [0.1, 0.15) is 107 Å². The van der Waals surface area contributed by atoms with E-state index in [9.17, 15) is 32.4 Å². The Hall–Kier alpha value is -2.70. The highest BCUT2D eigenvalue weighted by molar-refractivity contribution is 7.91. The van der Waals surface area contributed by atoms with E-state index in [1.54, 1.807) is 6.92 Å². The van der Waals surface area contributed by atoms with E-state index in [1.807, 2.05) is 34.6 Å². The summed E-state index contributed by atoms with van der Waals surface area (Å²) in [5.41, 5.74) is -1.85. The molecule has 2 aliphatic carbocycles. The van der Waals surface area contributed by atoms with Crippen molar-refractivity contribution in [2.75, 3.05) is 24.6 Å². The van der Waals surface area contributed by atoms with Gasteiger partial charge in [-0.1, -0.05) is 81.1 Å². The average Bonchev–Trinajstić information content (AvgIpc) is 3.28. The summed E-state index contributed by atoms with van der Waals surface area (Å²) in [6.45, 7) is 15.6. The first-order chi connectivity index (χ1) is 21.3. The molecule has 0 spiro atoms. The number of sulfone groups is 1. The maximum absolute atomic E-state index is 14.3. The number of fused-ring (bicyclic) bond motifs is 1. The van der Waals surface area contributed by atoms with Crippen LogP contribution in [0.5, 0.6) is 0 Å². The van der Waals surface area contributed by atoms with Crippen LogP contribution in [0.15, 0.2) is 0 Å². The number of hydrogen-bond acceptors (Lipinski definition) is 7. The molecule has 262 valence electrons. The molecule has 13 heteroatoms. The number of Topliss-reactive ketones (excluding diaryl/α,β-unsaturated/α-hetero) is 1. The Morgan fingerprint density at radius 1 is 0.935 bits per heavy atom. The standard InChI is InChI=1S/C33H57N5O7S/c1-9-15-22(25(39)28(41)34-18-10-2)35-27(40)24-23-21(32(23,7)8)19-38(24)29(42)26(31(4,5)6)36-30(43)37-33(16-13-12-14-17-33)20-46(44,45)11-3/h21-24,26H,9-20H2,1-8H3,(H,34,41)(H,35,40)(H2,36,37,43)/t21?,22?,23?,24-,26+/m0/s1. The number of ketones is 1. The molecule has 5 atom stereocenters. The van der Waals surface area contributed by atoms with Crippen molar-refractivity contribution < 1.29 is 32.4 Å². The zero-order valence-corrected chi connectivity index (χ0v) is 29.9. The fourth-order valence-electron chi connectivity index (χ4n) is 7.39. The van der Waals surface area contributed by atoms with Crippen molar-refractivity contribution >= 4 is 39.4 Å². The van der Waals surface area contributed by atoms with Crippen molar-refractivity contribution in [1.82, 2.24) is 26.2 Å². The van der Waals surface area contributed by atoms with E-state index in [4.69, 9.17) is 0 Å². The quantitative estimate of drug-likeness (QED) is 0.206. The van der Waals surface area contributed by atoms with Crippen molar-refractivity contribution in [3.8, 4) is 0 Å². The van der Waals surface area contributed by atoms with Gasteiger partial charge in [-0.2, -0.15) is 0 Å². The van der Waals surface area contributed by atoms with Crippen LogP contribution < -0.4 is 21.3 Å². The molecule has 3 rings (SSSR count). The van der Waals surface area contributed by atoms with Crippen LogP contribution >= 0.6 is 0 Å². The van der Waals surface area contributed by atoms with E-state index in [0.717, 1.165) is 19.3 Å². The number of nitrogens with one attached hydrogen (secondary N) is 4. The van der Waals surface area contributed by atoms with E-state index in [0.29, 0.717) is 38.8 Å². The maximum Gasteiger partial charge on any atom is 0.315 e. The monoisotopic (exact) mass is 667 g/mol. The van der Waals surface area contributed by atoms with Crippen LogP contribution in [-0.4, -0.2) is 91.1 Å².